The molecule has 0 aromatic rings. The summed E-state index contributed by atoms with van der Waals surface area (Å²) in [6.07, 6.45) is 1.01. The lowest BCUT2D eigenvalue weighted by atomic mass is 10.5. The van der Waals surface area contributed by atoms with Gasteiger partial charge in [0.1, 0.15) is 0 Å². The van der Waals surface area contributed by atoms with Gasteiger partial charge in [-0.1, -0.05) is 6.92 Å². The summed E-state index contributed by atoms with van der Waals surface area (Å²) in [5.74, 6) is 4.23. The largest absolute Gasteiger partial charge is 0.250 e. The third-order valence-electron chi connectivity index (χ3n) is 0.470. The van der Waals surface area contributed by atoms with E-state index in [9.17, 15) is 0 Å². The summed E-state index contributed by atoms with van der Waals surface area (Å²) >= 11 is 0. The van der Waals surface area contributed by atoms with Crippen LogP contribution in [0.5, 0.6) is 0 Å². The fourth-order valence-electron chi connectivity index (χ4n) is 0.207. The molecule has 7 heavy (non-hydrogen) atoms. The van der Waals surface area contributed by atoms with Crippen molar-refractivity contribution >= 4 is 11.7 Å². The molecule has 0 fully saturated rings. The molecule has 0 radical (unpaired) electrons. The van der Waals surface area contributed by atoms with Gasteiger partial charge >= 0.3 is 0 Å². The van der Waals surface area contributed by atoms with Crippen molar-refractivity contribution in [3.8, 4) is 0 Å². The highest BCUT2D eigenvalue weighted by molar-refractivity contribution is 5.86. The maximum absolute atomic E-state index is 6.33. The first kappa shape index (κ1) is 6.16. The molecule has 0 aliphatic carbocycles. The molecule has 0 rings (SSSR count). The molecule has 2 nitrogen and oxygen atoms in total. The Morgan fingerprint density at radius 1 is 1.71 bits per heavy atom. The second-order valence-corrected chi connectivity index (χ2v) is 1.12. The molecule has 38 valence electrons. The van der Waals surface area contributed by atoms with Crippen LogP contribution in [0.4, 0.5) is 0 Å². The quantitative estimate of drug-likeness (QED) is 0.495. The predicted octanol–water partition coefficient (Wildman–Crippen LogP) is 0.871. The van der Waals surface area contributed by atoms with Crippen LogP contribution in [-0.4, -0.2) is 18.3 Å². The third kappa shape index (κ3) is 5.16. The van der Waals surface area contributed by atoms with Crippen LogP contribution in [0.25, 0.3) is 0 Å². The molecule has 0 spiro atoms. The predicted molar refractivity (Wildman–Crippen MR) is 30.3 cm³/mol. The molecule has 1 N–H and O–H groups in total. The van der Waals surface area contributed by atoms with Crippen LogP contribution >= 0.6 is 0 Å². The SMILES string of the molecule is CCCN=C=C=N. The molecule has 2 heteroatoms. The van der Waals surface area contributed by atoms with Crippen LogP contribution in [0.3, 0.4) is 0 Å². The van der Waals surface area contributed by atoms with Crippen LogP contribution in [0.15, 0.2) is 4.99 Å². The van der Waals surface area contributed by atoms with E-state index in [-0.39, 0.29) is 0 Å². The lowest BCUT2D eigenvalue weighted by molar-refractivity contribution is 0.939. The number of hydrogen-bond acceptors (Lipinski definition) is 2. The zero-order valence-corrected chi connectivity index (χ0v) is 4.36. The van der Waals surface area contributed by atoms with E-state index in [2.05, 4.69) is 10.9 Å². The summed E-state index contributed by atoms with van der Waals surface area (Å²) in [4.78, 5) is 3.66. The molecule has 0 saturated heterocycles. The van der Waals surface area contributed by atoms with Gasteiger partial charge < -0.3 is 0 Å². The van der Waals surface area contributed by atoms with Crippen LogP contribution in [0.2, 0.25) is 0 Å². The Labute approximate surface area is 43.1 Å². The summed E-state index contributed by atoms with van der Waals surface area (Å²) in [7, 11) is 0. The highest BCUT2D eigenvalue weighted by atomic mass is 14.7. The maximum atomic E-state index is 6.33. The second-order valence-electron chi connectivity index (χ2n) is 1.12. The number of rotatable bonds is 2. The van der Waals surface area contributed by atoms with Gasteiger partial charge in [-0.3, -0.25) is 0 Å². The van der Waals surface area contributed by atoms with Gasteiger partial charge in [0.25, 0.3) is 0 Å². The highest BCUT2D eigenvalue weighted by Crippen LogP contribution is 1.71. The first-order valence-electron chi connectivity index (χ1n) is 2.25. The van der Waals surface area contributed by atoms with Crippen molar-refractivity contribution in [2.75, 3.05) is 6.54 Å². The zero-order chi connectivity index (χ0) is 5.54. The Kier molecular flexibility index (Phi) is 4.54. The van der Waals surface area contributed by atoms with Crippen LogP contribution < -0.4 is 0 Å². The standard InChI is InChI=1S/C5H8N2/c1-2-4-7-5-3-6/h6H,2,4H2,1H3. The van der Waals surface area contributed by atoms with Crippen molar-refractivity contribution < 1.29 is 0 Å². The molecule has 0 aromatic heterocycles. The van der Waals surface area contributed by atoms with E-state index in [0.717, 1.165) is 13.0 Å². The normalized spacial score (nSPS) is 6.43. The van der Waals surface area contributed by atoms with Gasteiger partial charge in [-0.25, -0.2) is 10.4 Å². The van der Waals surface area contributed by atoms with Gasteiger partial charge in [-0.2, -0.15) is 0 Å². The molecule has 0 aromatic carbocycles. The Balaban J connectivity index is 3.28. The molecular weight excluding hydrogens is 88.1 g/mol. The maximum Gasteiger partial charge on any atom is 0.0536 e. The van der Waals surface area contributed by atoms with Gasteiger partial charge in [0, 0.05) is 6.54 Å². The summed E-state index contributed by atoms with van der Waals surface area (Å²) in [5.41, 5.74) is 0. The van der Waals surface area contributed by atoms with Gasteiger partial charge in [0.2, 0.25) is 0 Å². The van der Waals surface area contributed by atoms with Gasteiger partial charge in [0.05, 0.1) is 11.7 Å². The highest BCUT2D eigenvalue weighted by Gasteiger charge is 1.65. The minimum absolute atomic E-state index is 0.756. The molecule has 0 amide bonds. The van der Waals surface area contributed by atoms with Crippen LogP contribution in [0.1, 0.15) is 13.3 Å². The summed E-state index contributed by atoms with van der Waals surface area (Å²) in [6, 6.07) is 0. The minimum Gasteiger partial charge on any atom is -0.250 e. The van der Waals surface area contributed by atoms with E-state index in [1.165, 1.54) is 0 Å². The van der Waals surface area contributed by atoms with E-state index < -0.39 is 0 Å². The Bertz CT molecular complexity index is 105. The fourth-order valence-corrected chi connectivity index (χ4v) is 0.207. The number of aliphatic imine (C=N–C) groups is 1. The minimum atomic E-state index is 0.756. The lowest BCUT2D eigenvalue weighted by Gasteiger charge is -1.73. The number of hydrogen-bond donors (Lipinski definition) is 1. The van der Waals surface area contributed by atoms with Crippen molar-refractivity contribution in [3.05, 3.63) is 0 Å². The van der Waals surface area contributed by atoms with Crippen LogP contribution in [0, 0.1) is 5.41 Å². The molecule has 0 aliphatic rings. The zero-order valence-electron chi connectivity index (χ0n) is 4.36. The Morgan fingerprint density at radius 2 is 2.43 bits per heavy atom. The molecule has 0 heterocycles. The van der Waals surface area contributed by atoms with Gasteiger partial charge in [0.15, 0.2) is 0 Å². The number of nitrogens with one attached hydrogen (secondary N) is 1. The molecule has 0 saturated carbocycles. The van der Waals surface area contributed by atoms with E-state index in [4.69, 9.17) is 5.41 Å². The van der Waals surface area contributed by atoms with Crippen LogP contribution in [-0.2, 0) is 0 Å². The summed E-state index contributed by atoms with van der Waals surface area (Å²) < 4.78 is 0. The summed E-state index contributed by atoms with van der Waals surface area (Å²) in [5, 5.41) is 6.33. The molecule has 0 atom stereocenters. The monoisotopic (exact) mass is 96.1 g/mol. The lowest BCUT2D eigenvalue weighted by Crippen LogP contribution is -1.70. The fraction of sp³-hybridized carbons (Fsp3) is 0.600. The topological polar surface area (TPSA) is 36.2 Å². The average Bonchev–Trinajstić information content (AvgIpc) is 1.69. The molecule has 0 aliphatic heterocycles. The second kappa shape index (κ2) is 5.16. The molecular formula is C5H8N2. The Morgan fingerprint density at radius 3 is 2.86 bits per heavy atom. The van der Waals surface area contributed by atoms with Gasteiger partial charge in [-0.05, 0) is 6.42 Å². The van der Waals surface area contributed by atoms with Crippen molar-refractivity contribution in [1.82, 2.24) is 0 Å². The average molecular weight is 96.1 g/mol. The first-order valence-corrected chi connectivity index (χ1v) is 2.25. The smallest absolute Gasteiger partial charge is 0.0536 e. The van der Waals surface area contributed by atoms with Crippen molar-refractivity contribution in [1.29, 1.82) is 5.41 Å². The Hall–Kier alpha value is -0.840. The summed E-state index contributed by atoms with van der Waals surface area (Å²) in [6.45, 7) is 2.78. The molecule has 0 bridgehead atoms. The number of nitrogens with zero attached hydrogens (tertiary/aromatic N) is 1. The van der Waals surface area contributed by atoms with Crippen molar-refractivity contribution in [2.45, 2.75) is 13.3 Å². The van der Waals surface area contributed by atoms with E-state index in [1.807, 2.05) is 12.8 Å². The van der Waals surface area contributed by atoms with Crippen molar-refractivity contribution in [2.24, 2.45) is 4.99 Å². The van der Waals surface area contributed by atoms with Crippen molar-refractivity contribution in [3.63, 3.8) is 0 Å². The first-order chi connectivity index (χ1) is 3.41. The van der Waals surface area contributed by atoms with E-state index in [1.54, 1.807) is 0 Å². The van der Waals surface area contributed by atoms with E-state index >= 15 is 0 Å². The van der Waals surface area contributed by atoms with Gasteiger partial charge in [-0.15, -0.1) is 0 Å². The third-order valence-corrected chi connectivity index (χ3v) is 0.470. The van der Waals surface area contributed by atoms with E-state index in [0.29, 0.717) is 0 Å². The molecule has 0 unspecified atom stereocenters.